The molecule has 106 valence electrons. The summed E-state index contributed by atoms with van der Waals surface area (Å²) in [5.41, 5.74) is 1.17. The van der Waals surface area contributed by atoms with Gasteiger partial charge >= 0.3 is 0 Å². The van der Waals surface area contributed by atoms with E-state index in [0.717, 1.165) is 15.5 Å². The third kappa shape index (κ3) is 3.32. The lowest BCUT2D eigenvalue weighted by Crippen LogP contribution is -1.97. The van der Waals surface area contributed by atoms with Gasteiger partial charge in [-0.1, -0.05) is 17.8 Å². The van der Waals surface area contributed by atoms with Crippen LogP contribution in [0.4, 0.5) is 4.39 Å². The Hall–Kier alpha value is -1.52. The average molecular weight is 292 g/mol. The van der Waals surface area contributed by atoms with Crippen molar-refractivity contribution in [2.45, 2.75) is 29.7 Å². The van der Waals surface area contributed by atoms with Crippen LogP contribution in [0.1, 0.15) is 24.2 Å². The van der Waals surface area contributed by atoms with Crippen LogP contribution in [0.5, 0.6) is 5.75 Å². The van der Waals surface area contributed by atoms with E-state index >= 15 is 0 Å². The lowest BCUT2D eigenvalue weighted by atomic mass is 10.1. The molecular formula is C16H17FO2S. The molecule has 2 rings (SSSR count). The van der Waals surface area contributed by atoms with Crippen LogP contribution in [-0.2, 0) is 0 Å². The second-order valence-electron chi connectivity index (χ2n) is 4.60. The Labute approximate surface area is 122 Å². The van der Waals surface area contributed by atoms with Gasteiger partial charge in [0.1, 0.15) is 11.6 Å². The van der Waals surface area contributed by atoms with Crippen molar-refractivity contribution in [1.82, 2.24) is 0 Å². The molecule has 0 unspecified atom stereocenters. The number of benzene rings is 2. The molecule has 0 saturated carbocycles. The fraction of sp³-hybridized carbons (Fsp3) is 0.250. The highest BCUT2D eigenvalue weighted by Crippen LogP contribution is 2.36. The number of hydrogen-bond donors (Lipinski definition) is 1. The molecular weight excluding hydrogens is 275 g/mol. The topological polar surface area (TPSA) is 29.5 Å². The first kappa shape index (κ1) is 14.9. The number of ether oxygens (including phenoxy) is 1. The van der Waals surface area contributed by atoms with E-state index in [2.05, 4.69) is 0 Å². The molecule has 4 heteroatoms. The van der Waals surface area contributed by atoms with E-state index in [1.165, 1.54) is 17.8 Å². The molecule has 0 saturated heterocycles. The normalized spacial score (nSPS) is 12.2. The molecule has 0 radical (unpaired) electrons. The van der Waals surface area contributed by atoms with Gasteiger partial charge in [0.25, 0.3) is 0 Å². The van der Waals surface area contributed by atoms with Gasteiger partial charge in [0, 0.05) is 9.79 Å². The van der Waals surface area contributed by atoms with Gasteiger partial charge in [0.15, 0.2) is 0 Å². The van der Waals surface area contributed by atoms with Gasteiger partial charge in [-0.15, -0.1) is 0 Å². The summed E-state index contributed by atoms with van der Waals surface area (Å²) >= 11 is 1.49. The van der Waals surface area contributed by atoms with Gasteiger partial charge in [-0.05, 0) is 55.3 Å². The molecule has 0 fully saturated rings. The van der Waals surface area contributed by atoms with Crippen LogP contribution in [0, 0.1) is 12.7 Å². The second-order valence-corrected chi connectivity index (χ2v) is 5.71. The Morgan fingerprint density at radius 3 is 2.65 bits per heavy atom. The Bertz CT molecular complexity index is 611. The van der Waals surface area contributed by atoms with E-state index in [4.69, 9.17) is 4.74 Å². The third-order valence-corrected chi connectivity index (χ3v) is 4.07. The van der Waals surface area contributed by atoms with E-state index in [1.807, 2.05) is 24.3 Å². The largest absolute Gasteiger partial charge is 0.497 e. The highest BCUT2D eigenvalue weighted by Gasteiger charge is 2.13. The first-order chi connectivity index (χ1) is 9.51. The lowest BCUT2D eigenvalue weighted by Gasteiger charge is -2.13. The zero-order valence-corrected chi connectivity index (χ0v) is 12.5. The zero-order chi connectivity index (χ0) is 14.7. The number of aliphatic hydroxyl groups excluding tert-OH is 1. The first-order valence-electron chi connectivity index (χ1n) is 6.31. The monoisotopic (exact) mass is 292 g/mol. The number of rotatable bonds is 4. The molecule has 0 aliphatic rings. The summed E-state index contributed by atoms with van der Waals surface area (Å²) in [5.74, 6) is 0.475. The van der Waals surface area contributed by atoms with Crippen molar-refractivity contribution in [1.29, 1.82) is 0 Å². The predicted molar refractivity (Wildman–Crippen MR) is 78.9 cm³/mol. The number of halogens is 1. The van der Waals surface area contributed by atoms with Crippen LogP contribution in [0.15, 0.2) is 46.2 Å². The van der Waals surface area contributed by atoms with E-state index in [9.17, 15) is 9.50 Å². The SMILES string of the molecule is COc1cccc(Sc2cc(C)c(F)cc2[C@@H](C)O)c1. The summed E-state index contributed by atoms with van der Waals surface area (Å²) in [6, 6.07) is 10.8. The Morgan fingerprint density at radius 1 is 1.25 bits per heavy atom. The number of methoxy groups -OCH3 is 1. The smallest absolute Gasteiger partial charge is 0.126 e. The molecule has 0 aliphatic heterocycles. The number of hydrogen-bond acceptors (Lipinski definition) is 3. The number of aliphatic hydroxyl groups is 1. The molecule has 0 bridgehead atoms. The molecule has 0 aromatic heterocycles. The summed E-state index contributed by atoms with van der Waals surface area (Å²) in [6.07, 6.45) is -0.710. The summed E-state index contributed by atoms with van der Waals surface area (Å²) in [7, 11) is 1.62. The number of aryl methyl sites for hydroxylation is 1. The summed E-state index contributed by atoms with van der Waals surface area (Å²) in [5, 5.41) is 9.79. The average Bonchev–Trinajstić information content (AvgIpc) is 2.42. The maximum Gasteiger partial charge on any atom is 0.126 e. The van der Waals surface area contributed by atoms with Crippen molar-refractivity contribution in [3.05, 3.63) is 53.3 Å². The second kappa shape index (κ2) is 6.29. The Kier molecular flexibility index (Phi) is 4.68. The molecule has 0 spiro atoms. The zero-order valence-electron chi connectivity index (χ0n) is 11.7. The maximum absolute atomic E-state index is 13.6. The molecule has 0 heterocycles. The summed E-state index contributed by atoms with van der Waals surface area (Å²) < 4.78 is 18.8. The highest BCUT2D eigenvalue weighted by molar-refractivity contribution is 7.99. The molecule has 2 nitrogen and oxygen atoms in total. The quantitative estimate of drug-likeness (QED) is 0.908. The van der Waals surface area contributed by atoms with Gasteiger partial charge in [-0.3, -0.25) is 0 Å². The Balaban J connectivity index is 2.39. The minimum atomic E-state index is -0.710. The molecule has 20 heavy (non-hydrogen) atoms. The minimum Gasteiger partial charge on any atom is -0.497 e. The van der Waals surface area contributed by atoms with Crippen molar-refractivity contribution in [2.75, 3.05) is 7.11 Å². The van der Waals surface area contributed by atoms with Crippen LogP contribution < -0.4 is 4.74 Å². The summed E-state index contributed by atoms with van der Waals surface area (Å²) in [6.45, 7) is 3.36. The van der Waals surface area contributed by atoms with Crippen LogP contribution >= 0.6 is 11.8 Å². The minimum absolute atomic E-state index is 0.295. The molecule has 2 aromatic carbocycles. The van der Waals surface area contributed by atoms with Crippen LogP contribution in [0.25, 0.3) is 0 Å². The van der Waals surface area contributed by atoms with Gasteiger partial charge < -0.3 is 9.84 Å². The van der Waals surface area contributed by atoms with Crippen LogP contribution in [0.3, 0.4) is 0 Å². The van der Waals surface area contributed by atoms with Gasteiger partial charge in [-0.25, -0.2) is 4.39 Å². The molecule has 1 N–H and O–H groups in total. The molecule has 0 amide bonds. The van der Waals surface area contributed by atoms with Gasteiger partial charge in [-0.2, -0.15) is 0 Å². The molecule has 2 aromatic rings. The van der Waals surface area contributed by atoms with Gasteiger partial charge in [0.05, 0.1) is 13.2 Å². The van der Waals surface area contributed by atoms with Gasteiger partial charge in [0.2, 0.25) is 0 Å². The highest BCUT2D eigenvalue weighted by atomic mass is 32.2. The molecule has 0 aliphatic carbocycles. The van der Waals surface area contributed by atoms with Crippen molar-refractivity contribution in [2.24, 2.45) is 0 Å². The standard InChI is InChI=1S/C16H17FO2S/c1-10-7-16(14(11(2)18)9-15(10)17)20-13-6-4-5-12(8-13)19-3/h4-9,11,18H,1-3H3/t11-/m1/s1. The van der Waals surface area contributed by atoms with E-state index in [1.54, 1.807) is 27.0 Å². The molecule has 1 atom stereocenters. The predicted octanol–water partition coefficient (Wildman–Crippen LogP) is 4.35. The Morgan fingerprint density at radius 2 is 2.00 bits per heavy atom. The van der Waals surface area contributed by atoms with Crippen molar-refractivity contribution in [3.8, 4) is 5.75 Å². The lowest BCUT2D eigenvalue weighted by molar-refractivity contribution is 0.196. The van der Waals surface area contributed by atoms with Crippen molar-refractivity contribution in [3.63, 3.8) is 0 Å². The van der Waals surface area contributed by atoms with Crippen LogP contribution in [0.2, 0.25) is 0 Å². The van der Waals surface area contributed by atoms with Crippen LogP contribution in [-0.4, -0.2) is 12.2 Å². The fourth-order valence-electron chi connectivity index (χ4n) is 1.88. The van der Waals surface area contributed by atoms with E-state index < -0.39 is 6.10 Å². The van der Waals surface area contributed by atoms with E-state index in [-0.39, 0.29) is 5.82 Å². The third-order valence-electron chi connectivity index (χ3n) is 3.01. The first-order valence-corrected chi connectivity index (χ1v) is 7.13. The fourth-order valence-corrected chi connectivity index (χ4v) is 3.04. The maximum atomic E-state index is 13.6. The van der Waals surface area contributed by atoms with Crippen molar-refractivity contribution < 1.29 is 14.2 Å². The summed E-state index contributed by atoms with van der Waals surface area (Å²) in [4.78, 5) is 1.84. The van der Waals surface area contributed by atoms with Crippen molar-refractivity contribution >= 4 is 11.8 Å². The van der Waals surface area contributed by atoms with E-state index in [0.29, 0.717) is 11.1 Å².